The van der Waals surface area contributed by atoms with Gasteiger partial charge >= 0.3 is 0 Å². The van der Waals surface area contributed by atoms with Gasteiger partial charge in [-0.1, -0.05) is 289 Å². The Morgan fingerprint density at radius 1 is 0.222 bits per heavy atom. The molecule has 9 rings (SSSR count). The number of hydrogen-bond donors (Lipinski definition) is 0. The van der Waals surface area contributed by atoms with Gasteiger partial charge in [0.25, 0.3) is 0 Å². The molecule has 0 amide bonds. The van der Waals surface area contributed by atoms with E-state index in [-0.39, 0.29) is 44.6 Å². The lowest BCUT2D eigenvalue weighted by Gasteiger charge is -2.18. The van der Waals surface area contributed by atoms with Crippen molar-refractivity contribution in [1.82, 2.24) is 0 Å². The van der Waals surface area contributed by atoms with Gasteiger partial charge in [-0.3, -0.25) is 0 Å². The predicted molar refractivity (Wildman–Crippen MR) is 350 cm³/mol. The Hall–Kier alpha value is -2.34. The normalized spacial score (nSPS) is 24.9. The zero-order valence-corrected chi connectivity index (χ0v) is 50.6. The third kappa shape index (κ3) is 21.4. The first-order valence-electron chi connectivity index (χ1n) is 29.2. The summed E-state index contributed by atoms with van der Waals surface area (Å²) in [6.07, 6.45) is 7.78. The molecule has 0 N–H and O–H groups in total. The van der Waals surface area contributed by atoms with Crippen molar-refractivity contribution in [2.24, 2.45) is 35.5 Å². The first-order chi connectivity index (χ1) is 31.7. The van der Waals surface area contributed by atoms with E-state index < -0.39 is 0 Å². The van der Waals surface area contributed by atoms with Gasteiger partial charge in [0, 0.05) is 0 Å². The van der Waals surface area contributed by atoms with Crippen LogP contribution >= 0.6 is 0 Å². The van der Waals surface area contributed by atoms with Gasteiger partial charge in [0.15, 0.2) is 0 Å². The second-order valence-electron chi connectivity index (χ2n) is 18.5. The maximum absolute atomic E-state index is 2.53. The predicted octanol–water partition coefficient (Wildman–Crippen LogP) is 25.9. The maximum Gasteiger partial charge on any atom is -0.0156 e. The monoisotopic (exact) mass is 1010 g/mol. The Kier molecular flexibility index (Phi) is 58.4. The van der Waals surface area contributed by atoms with E-state index in [9.17, 15) is 0 Å². The highest BCUT2D eigenvalue weighted by Gasteiger charge is 2.36. The van der Waals surface area contributed by atoms with E-state index in [0.29, 0.717) is 0 Å². The summed E-state index contributed by atoms with van der Waals surface area (Å²) < 4.78 is 0. The lowest BCUT2D eigenvalue weighted by atomic mass is 9.87. The van der Waals surface area contributed by atoms with Crippen LogP contribution in [0, 0.1) is 35.5 Å². The summed E-state index contributed by atoms with van der Waals surface area (Å²) >= 11 is 0. The van der Waals surface area contributed by atoms with E-state index in [1.54, 1.807) is 66.8 Å². The van der Waals surface area contributed by atoms with Crippen LogP contribution in [0.3, 0.4) is 0 Å². The summed E-state index contributed by atoms with van der Waals surface area (Å²) in [5.41, 5.74) is 19.9. The number of rotatable bonds is 0. The van der Waals surface area contributed by atoms with Gasteiger partial charge in [-0.15, -0.1) is 0 Å². The van der Waals surface area contributed by atoms with Crippen LogP contribution in [0.5, 0.6) is 0 Å². The molecule has 6 aliphatic carbocycles. The Balaban J connectivity index is -0.0000000984. The molecular formula is C72H144. The zero-order chi connectivity index (χ0) is 52.3. The number of hydrogen-bond acceptors (Lipinski definition) is 0. The molecule has 0 radical (unpaired) electrons. The first kappa shape index (κ1) is 89.2. The molecule has 0 unspecified atom stereocenters. The molecule has 0 bridgehead atoms. The van der Waals surface area contributed by atoms with E-state index in [2.05, 4.69) is 119 Å². The van der Waals surface area contributed by atoms with Crippen LogP contribution in [0.25, 0.3) is 0 Å². The third-order valence-electron chi connectivity index (χ3n) is 15.5. The topological polar surface area (TPSA) is 0 Å². The number of benzene rings is 3. The molecule has 0 aliphatic heterocycles. The van der Waals surface area contributed by atoms with Gasteiger partial charge in [0.05, 0.1) is 0 Å². The summed E-state index contributed by atoms with van der Waals surface area (Å²) in [6, 6.07) is 14.9. The van der Waals surface area contributed by atoms with Crippen LogP contribution in [-0.4, -0.2) is 0 Å². The smallest absolute Gasteiger partial charge is 0.0156 e. The molecule has 432 valence electrons. The van der Waals surface area contributed by atoms with Gasteiger partial charge in [0.1, 0.15) is 0 Å². The summed E-state index contributed by atoms with van der Waals surface area (Å²) in [5.74, 6) is 9.65. The molecular weight excluding hydrogens is 865 g/mol. The van der Waals surface area contributed by atoms with Crippen LogP contribution in [0.1, 0.15) is 355 Å². The Labute approximate surface area is 462 Å². The van der Waals surface area contributed by atoms with E-state index in [1.165, 1.54) is 38.5 Å². The molecule has 6 aliphatic rings. The Morgan fingerprint density at radius 2 is 0.389 bits per heavy atom. The minimum Gasteiger partial charge on any atom is -0.0776 e. The Morgan fingerprint density at radius 3 is 0.611 bits per heavy atom. The van der Waals surface area contributed by atoms with Gasteiger partial charge < -0.3 is 0 Å². The van der Waals surface area contributed by atoms with Crippen LogP contribution in [0.15, 0.2) is 36.4 Å². The van der Waals surface area contributed by atoms with Crippen LogP contribution in [0.4, 0.5) is 0 Å². The van der Waals surface area contributed by atoms with Crippen molar-refractivity contribution in [2.75, 3.05) is 0 Å². The minimum atomic E-state index is 0. The molecule has 3 aromatic carbocycles. The lowest BCUT2D eigenvalue weighted by Crippen LogP contribution is -2.04. The van der Waals surface area contributed by atoms with Crippen molar-refractivity contribution in [2.45, 2.75) is 326 Å². The second-order valence-corrected chi connectivity index (χ2v) is 18.5. The maximum atomic E-state index is 2.53. The molecule has 0 aromatic heterocycles. The van der Waals surface area contributed by atoms with Crippen LogP contribution < -0.4 is 0 Å². The quantitative estimate of drug-likeness (QED) is 0.211. The van der Waals surface area contributed by atoms with Crippen molar-refractivity contribution < 1.29 is 0 Å². The van der Waals surface area contributed by atoms with Crippen molar-refractivity contribution in [3.8, 4) is 0 Å². The summed E-state index contributed by atoms with van der Waals surface area (Å²) in [5, 5.41) is 0. The van der Waals surface area contributed by atoms with Gasteiger partial charge in [-0.05, 0) is 176 Å². The number of fused-ring (bicyclic) bond motifs is 7. The molecule has 12 atom stereocenters. The molecule has 0 spiro atoms. The standard InChI is InChI=1S/3C16H22.9C2H6.6CH4/c1-9-5-13-7-16-12(4)10(2)6-14(16)8-15(13)11(9)3;1-9-5-13-7-14-6-10(2)12(4)16(14)8-15(13)11(9)3;1-9-7-13-5-6-14-8-10(2)12(4)16(14)15(13)11(9)3;9*1-2;;;;;;/h2*7-12H,5-6H2,1-4H3;5-6,9-12H,7-8H2,1-4H3;9*1-2H3;6*1H4/t9-,10-,11-,12-;2*9-,10+,11-,12+;;;;;;;;;;;;;;;/m1................./s1. The fraction of sp³-hybridized carbons (Fsp3) is 0.750. The zero-order valence-electron chi connectivity index (χ0n) is 50.6. The van der Waals surface area contributed by atoms with Crippen molar-refractivity contribution in [1.29, 1.82) is 0 Å². The van der Waals surface area contributed by atoms with Crippen LogP contribution in [0.2, 0.25) is 0 Å². The molecule has 72 heavy (non-hydrogen) atoms. The molecule has 0 nitrogen and oxygen atoms in total. The fourth-order valence-corrected chi connectivity index (χ4v) is 11.0. The molecule has 0 heterocycles. The fourth-order valence-electron chi connectivity index (χ4n) is 11.0. The first-order valence-corrected chi connectivity index (χ1v) is 29.2. The van der Waals surface area contributed by atoms with Gasteiger partial charge in [-0.25, -0.2) is 0 Å². The summed E-state index contributed by atoms with van der Waals surface area (Å²) in [4.78, 5) is 0. The van der Waals surface area contributed by atoms with E-state index in [4.69, 9.17) is 0 Å². The summed E-state index contributed by atoms with van der Waals surface area (Å²) in [6.45, 7) is 64.8. The highest BCUT2D eigenvalue weighted by Crippen LogP contribution is 2.49. The van der Waals surface area contributed by atoms with Crippen molar-refractivity contribution >= 4 is 0 Å². The third-order valence-corrected chi connectivity index (χ3v) is 15.5. The Bertz CT molecular complexity index is 1570. The van der Waals surface area contributed by atoms with Crippen molar-refractivity contribution in [3.63, 3.8) is 0 Å². The second kappa shape index (κ2) is 47.1. The van der Waals surface area contributed by atoms with Gasteiger partial charge in [0.2, 0.25) is 0 Å². The highest BCUT2D eigenvalue weighted by molar-refractivity contribution is 5.51. The largest absolute Gasteiger partial charge is 0.0776 e. The van der Waals surface area contributed by atoms with E-state index in [0.717, 1.165) is 71.0 Å². The minimum absolute atomic E-state index is 0. The highest BCUT2D eigenvalue weighted by atomic mass is 14.4. The molecule has 0 saturated carbocycles. The molecule has 0 saturated heterocycles. The van der Waals surface area contributed by atoms with Gasteiger partial charge in [-0.2, -0.15) is 0 Å². The lowest BCUT2D eigenvalue weighted by molar-refractivity contribution is 0.511. The SMILES string of the molecule is C.C.C.C.C.C.CC.CC.CC.CC.CC.CC.CC.CC.CC.C[C@@H]1Cc2cc3c(cc2[C@@H]1C)C[C@@H](C)[C@H]3C.C[C@@H]1Cc2cc3c(cc2[C@@H]1C)[C@@H](C)[C@@H](C)C3.C[C@@H]1Cc2ccc3c(c2[C@@H]1C)[C@@H](C)[C@@H](C)C3. The average molecular weight is 1010 g/mol. The molecule has 0 fully saturated rings. The van der Waals surface area contributed by atoms with Crippen molar-refractivity contribution in [3.05, 3.63) is 103 Å². The average Bonchev–Trinajstić information content (AvgIpc) is 4.16. The summed E-state index contributed by atoms with van der Waals surface area (Å²) in [7, 11) is 0. The van der Waals surface area contributed by atoms with E-state index in [1.807, 2.05) is 125 Å². The van der Waals surface area contributed by atoms with Crippen LogP contribution in [-0.2, 0) is 38.5 Å². The van der Waals surface area contributed by atoms with E-state index >= 15 is 0 Å². The molecule has 0 heteroatoms. The molecule has 3 aromatic rings.